The molecule has 2 N–H and O–H groups in total. The predicted molar refractivity (Wildman–Crippen MR) is 78.4 cm³/mol. The lowest BCUT2D eigenvalue weighted by molar-refractivity contribution is -0.137. The molecule has 0 radical (unpaired) electrons. The molecule has 0 aliphatic rings. The zero-order valence-electron chi connectivity index (χ0n) is 11.3. The molecule has 0 aliphatic carbocycles. The van der Waals surface area contributed by atoms with Gasteiger partial charge in [0.15, 0.2) is 5.78 Å². The minimum Gasteiger partial charge on any atom is -0.308 e. The summed E-state index contributed by atoms with van der Waals surface area (Å²) in [4.78, 5) is 22.9. The van der Waals surface area contributed by atoms with Crippen LogP contribution in [-0.2, 0) is 6.18 Å². The average molecular weight is 328 g/mol. The molecule has 116 valence electrons. The van der Waals surface area contributed by atoms with Gasteiger partial charge in [0.2, 0.25) is 0 Å². The van der Waals surface area contributed by atoms with Gasteiger partial charge in [-0.25, -0.2) is 4.79 Å². The summed E-state index contributed by atoms with van der Waals surface area (Å²) in [5.74, 6) is -0.136. The topological polar surface area (TPSA) is 58.2 Å². The second kappa shape index (κ2) is 6.18. The Morgan fingerprint density at radius 3 is 2.45 bits per heavy atom. The van der Waals surface area contributed by atoms with E-state index in [-0.39, 0.29) is 11.5 Å². The molecule has 0 bridgehead atoms. The summed E-state index contributed by atoms with van der Waals surface area (Å²) in [5.41, 5.74) is -0.365. The highest BCUT2D eigenvalue weighted by Crippen LogP contribution is 2.30. The van der Waals surface area contributed by atoms with Crippen molar-refractivity contribution in [1.29, 1.82) is 0 Å². The first-order valence-corrected chi connectivity index (χ1v) is 6.98. The van der Waals surface area contributed by atoms with E-state index in [4.69, 9.17) is 0 Å². The molecule has 1 aromatic carbocycles. The number of hydrogen-bond acceptors (Lipinski definition) is 3. The van der Waals surface area contributed by atoms with E-state index < -0.39 is 17.8 Å². The van der Waals surface area contributed by atoms with Gasteiger partial charge < -0.3 is 5.32 Å². The third-order valence-corrected chi connectivity index (χ3v) is 3.54. The molecule has 4 nitrogen and oxygen atoms in total. The lowest BCUT2D eigenvalue weighted by Crippen LogP contribution is -2.19. The van der Waals surface area contributed by atoms with E-state index in [1.807, 2.05) is 0 Å². The molecule has 0 aliphatic heterocycles. The van der Waals surface area contributed by atoms with Gasteiger partial charge in [0.1, 0.15) is 0 Å². The Bertz CT molecular complexity index is 710. The maximum atomic E-state index is 12.6. The van der Waals surface area contributed by atoms with Crippen LogP contribution in [0.3, 0.4) is 0 Å². The number of alkyl halides is 3. The van der Waals surface area contributed by atoms with Gasteiger partial charge in [0.25, 0.3) is 0 Å². The number of benzene rings is 1. The van der Waals surface area contributed by atoms with Gasteiger partial charge in [-0.05, 0) is 31.2 Å². The molecule has 0 fully saturated rings. The van der Waals surface area contributed by atoms with Gasteiger partial charge in [-0.1, -0.05) is 6.07 Å². The SMILES string of the molecule is CC(=O)c1csc(NC(=O)Nc2cccc(C(F)(F)F)c2)c1. The third-order valence-electron chi connectivity index (χ3n) is 2.69. The van der Waals surface area contributed by atoms with Crippen LogP contribution in [0.4, 0.5) is 28.7 Å². The van der Waals surface area contributed by atoms with E-state index in [0.717, 1.165) is 23.5 Å². The summed E-state index contributed by atoms with van der Waals surface area (Å²) in [5, 5.41) is 6.78. The lowest BCUT2D eigenvalue weighted by atomic mass is 10.2. The number of urea groups is 1. The van der Waals surface area contributed by atoms with Crippen molar-refractivity contribution in [2.75, 3.05) is 10.6 Å². The highest BCUT2D eigenvalue weighted by atomic mass is 32.1. The largest absolute Gasteiger partial charge is 0.416 e. The number of carbonyl (C=O) groups is 2. The molecule has 2 rings (SSSR count). The highest BCUT2D eigenvalue weighted by molar-refractivity contribution is 7.14. The van der Waals surface area contributed by atoms with E-state index in [2.05, 4.69) is 10.6 Å². The number of amides is 2. The van der Waals surface area contributed by atoms with Crippen LogP contribution in [0.5, 0.6) is 0 Å². The zero-order valence-corrected chi connectivity index (χ0v) is 12.1. The number of thiophene rings is 1. The molecule has 1 aromatic heterocycles. The number of ketones is 1. The van der Waals surface area contributed by atoms with E-state index in [1.54, 1.807) is 5.38 Å². The van der Waals surface area contributed by atoms with E-state index in [1.165, 1.54) is 25.1 Å². The molecule has 2 amide bonds. The van der Waals surface area contributed by atoms with Crippen LogP contribution in [0.25, 0.3) is 0 Å². The molecule has 0 atom stereocenters. The first-order chi connectivity index (χ1) is 10.3. The zero-order chi connectivity index (χ0) is 16.3. The summed E-state index contributed by atoms with van der Waals surface area (Å²) >= 11 is 1.15. The van der Waals surface area contributed by atoms with Crippen LogP contribution < -0.4 is 10.6 Å². The first kappa shape index (κ1) is 16.0. The molecule has 0 saturated carbocycles. The van der Waals surface area contributed by atoms with Crippen molar-refractivity contribution < 1.29 is 22.8 Å². The Hall–Kier alpha value is -2.35. The van der Waals surface area contributed by atoms with Crippen molar-refractivity contribution in [3.05, 3.63) is 46.8 Å². The van der Waals surface area contributed by atoms with Gasteiger partial charge >= 0.3 is 12.2 Å². The maximum Gasteiger partial charge on any atom is 0.416 e. The molecular formula is C14H11F3N2O2S. The molecular weight excluding hydrogens is 317 g/mol. The van der Waals surface area contributed by atoms with Crippen molar-refractivity contribution in [1.82, 2.24) is 0 Å². The minimum absolute atomic E-state index is 0.0238. The molecule has 22 heavy (non-hydrogen) atoms. The van der Waals surface area contributed by atoms with Crippen LogP contribution in [-0.4, -0.2) is 11.8 Å². The second-order valence-corrected chi connectivity index (χ2v) is 5.32. The van der Waals surface area contributed by atoms with Gasteiger partial charge in [0, 0.05) is 16.6 Å². The normalized spacial score (nSPS) is 11.1. The monoisotopic (exact) mass is 328 g/mol. The Labute approximate surface area is 128 Å². The van der Waals surface area contributed by atoms with Gasteiger partial charge in [-0.15, -0.1) is 11.3 Å². The van der Waals surface area contributed by atoms with Crippen molar-refractivity contribution in [3.8, 4) is 0 Å². The third kappa shape index (κ3) is 4.08. The molecule has 0 unspecified atom stereocenters. The quantitative estimate of drug-likeness (QED) is 0.808. The highest BCUT2D eigenvalue weighted by Gasteiger charge is 2.30. The first-order valence-electron chi connectivity index (χ1n) is 6.10. The van der Waals surface area contributed by atoms with Crippen LogP contribution in [0.2, 0.25) is 0 Å². The van der Waals surface area contributed by atoms with Crippen molar-refractivity contribution >= 4 is 33.8 Å². The fourth-order valence-electron chi connectivity index (χ4n) is 1.63. The van der Waals surface area contributed by atoms with Gasteiger partial charge in [-0.2, -0.15) is 13.2 Å². The van der Waals surface area contributed by atoms with Crippen molar-refractivity contribution in [2.24, 2.45) is 0 Å². The van der Waals surface area contributed by atoms with Crippen molar-refractivity contribution in [2.45, 2.75) is 13.1 Å². The van der Waals surface area contributed by atoms with Crippen LogP contribution >= 0.6 is 11.3 Å². The maximum absolute atomic E-state index is 12.6. The van der Waals surface area contributed by atoms with E-state index in [0.29, 0.717) is 10.6 Å². The number of nitrogens with one attached hydrogen (secondary N) is 2. The summed E-state index contributed by atoms with van der Waals surface area (Å²) in [6.45, 7) is 1.40. The Morgan fingerprint density at radius 2 is 1.86 bits per heavy atom. The summed E-state index contributed by atoms with van der Waals surface area (Å²) in [6, 6.07) is 5.13. The second-order valence-electron chi connectivity index (χ2n) is 4.41. The molecule has 1 heterocycles. The van der Waals surface area contributed by atoms with E-state index >= 15 is 0 Å². The minimum atomic E-state index is -4.47. The summed E-state index contributed by atoms with van der Waals surface area (Å²) in [7, 11) is 0. The number of Topliss-reactive ketones (excluding diaryl/α,β-unsaturated/α-hetero) is 1. The number of anilines is 2. The van der Waals surface area contributed by atoms with Gasteiger partial charge in [-0.3, -0.25) is 10.1 Å². The number of halogens is 3. The fourth-order valence-corrected chi connectivity index (χ4v) is 2.47. The number of carbonyl (C=O) groups excluding carboxylic acids is 2. The number of hydrogen-bond donors (Lipinski definition) is 2. The van der Waals surface area contributed by atoms with Crippen LogP contribution in [0.15, 0.2) is 35.7 Å². The molecule has 0 spiro atoms. The standard InChI is InChI=1S/C14H11F3N2O2S/c1-8(20)9-5-12(22-7-9)19-13(21)18-11-4-2-3-10(6-11)14(15,16)17/h2-7H,1H3,(H2,18,19,21). The molecule has 8 heteroatoms. The lowest BCUT2D eigenvalue weighted by Gasteiger charge is -2.10. The van der Waals surface area contributed by atoms with E-state index in [9.17, 15) is 22.8 Å². The molecule has 0 saturated heterocycles. The average Bonchev–Trinajstić information content (AvgIpc) is 2.86. The van der Waals surface area contributed by atoms with Crippen molar-refractivity contribution in [3.63, 3.8) is 0 Å². The smallest absolute Gasteiger partial charge is 0.308 e. The summed E-state index contributed by atoms with van der Waals surface area (Å²) < 4.78 is 37.7. The Kier molecular flexibility index (Phi) is 4.51. The Morgan fingerprint density at radius 1 is 1.14 bits per heavy atom. The van der Waals surface area contributed by atoms with Gasteiger partial charge in [0.05, 0.1) is 10.6 Å². The fraction of sp³-hybridized carbons (Fsp3) is 0.143. The Balaban J connectivity index is 2.04. The molecule has 2 aromatic rings. The van der Waals surface area contributed by atoms with Crippen LogP contribution in [0.1, 0.15) is 22.8 Å². The van der Waals surface area contributed by atoms with Crippen LogP contribution in [0, 0.1) is 0 Å². The predicted octanol–water partition coefficient (Wildman–Crippen LogP) is 4.61. The summed E-state index contributed by atoms with van der Waals surface area (Å²) in [6.07, 6.45) is -4.47. The number of rotatable bonds is 3.